The van der Waals surface area contributed by atoms with Gasteiger partial charge in [-0.15, -0.1) is 0 Å². The Bertz CT molecular complexity index is 455. The molecule has 0 aliphatic carbocycles. The van der Waals surface area contributed by atoms with Crippen LogP contribution < -0.4 is 21.7 Å². The molecule has 0 heterocycles. The van der Waals surface area contributed by atoms with E-state index in [1.54, 1.807) is 0 Å². The molecule has 0 aliphatic heterocycles. The van der Waals surface area contributed by atoms with Gasteiger partial charge < -0.3 is 37.0 Å². The van der Waals surface area contributed by atoms with E-state index in [0.717, 1.165) is 0 Å². The lowest BCUT2D eigenvalue weighted by molar-refractivity contribution is -0.138. The number of rotatable bonds is 9. The fraction of sp³-hybridized carbons (Fsp3) is 0.667. The molecule has 0 aliphatic rings. The summed E-state index contributed by atoms with van der Waals surface area (Å²) in [6.45, 7) is 1.22. The lowest BCUT2D eigenvalue weighted by Gasteiger charge is -2.21. The minimum atomic E-state index is -1.37. The van der Waals surface area contributed by atoms with Gasteiger partial charge in [0.1, 0.15) is 24.7 Å². The average molecular weight is 334 g/mol. The lowest BCUT2D eigenvalue weighted by atomic mass is 10.1. The number of aliphatic hydroxyl groups is 2. The Hall–Kier alpha value is -2.24. The molecule has 0 aromatic heterocycles. The molecule has 4 unspecified atom stereocenters. The highest BCUT2D eigenvalue weighted by Gasteiger charge is 2.27. The number of hydrogen-bond acceptors (Lipinski definition) is 7. The summed E-state index contributed by atoms with van der Waals surface area (Å²) >= 11 is 0. The van der Waals surface area contributed by atoms with Crippen LogP contribution in [0.3, 0.4) is 0 Å². The number of nitrogens with one attached hydrogen (secondary N) is 3. The second-order valence-corrected chi connectivity index (χ2v) is 4.85. The highest BCUT2D eigenvalue weighted by atomic mass is 16.4. The number of carboxylic acids is 1. The number of aliphatic carboxylic acids is 1. The van der Waals surface area contributed by atoms with Gasteiger partial charge in [0.2, 0.25) is 17.7 Å². The van der Waals surface area contributed by atoms with Crippen LogP contribution >= 0.6 is 0 Å². The van der Waals surface area contributed by atoms with Crippen molar-refractivity contribution in [2.45, 2.75) is 38.1 Å². The van der Waals surface area contributed by atoms with Crippen molar-refractivity contribution in [3.8, 4) is 0 Å². The Labute approximate surface area is 132 Å². The van der Waals surface area contributed by atoms with E-state index in [0.29, 0.717) is 0 Å². The van der Waals surface area contributed by atoms with Gasteiger partial charge in [0.25, 0.3) is 0 Å². The first-order valence-electron chi connectivity index (χ1n) is 6.74. The monoisotopic (exact) mass is 334 g/mol. The standard InChI is InChI=1S/C12H22N4O7/c1-5(10(21)14-3-8(19)20)15-11(22)7(4-17)16-12(23)9(13)6(2)18/h5-7,9,17-18H,3-4,13H2,1-2H3,(H,14,21)(H,15,22)(H,16,23)(H,19,20). The minimum Gasteiger partial charge on any atom is -0.480 e. The van der Waals surface area contributed by atoms with E-state index in [2.05, 4.69) is 16.0 Å². The zero-order valence-corrected chi connectivity index (χ0v) is 12.8. The van der Waals surface area contributed by atoms with E-state index in [-0.39, 0.29) is 0 Å². The molecular weight excluding hydrogens is 312 g/mol. The summed E-state index contributed by atoms with van der Waals surface area (Å²) in [5, 5.41) is 33.2. The van der Waals surface area contributed by atoms with Crippen molar-refractivity contribution >= 4 is 23.7 Å². The quantitative estimate of drug-likeness (QED) is 0.221. The van der Waals surface area contributed by atoms with E-state index in [1.807, 2.05) is 0 Å². The normalized spacial score (nSPS) is 15.7. The van der Waals surface area contributed by atoms with Crippen LogP contribution in [-0.2, 0) is 19.2 Å². The summed E-state index contributed by atoms with van der Waals surface area (Å²) in [4.78, 5) is 45.3. The molecule has 11 heteroatoms. The smallest absolute Gasteiger partial charge is 0.322 e. The van der Waals surface area contributed by atoms with Crippen LogP contribution in [0.2, 0.25) is 0 Å². The minimum absolute atomic E-state index is 0.609. The Kier molecular flexibility index (Phi) is 8.77. The van der Waals surface area contributed by atoms with Crippen molar-refractivity contribution < 1.29 is 34.5 Å². The Morgan fingerprint density at radius 1 is 1.04 bits per heavy atom. The van der Waals surface area contributed by atoms with Crippen LogP contribution in [0.15, 0.2) is 0 Å². The molecule has 11 nitrogen and oxygen atoms in total. The molecule has 0 spiro atoms. The summed E-state index contributed by atoms with van der Waals surface area (Å²) in [5.41, 5.74) is 5.39. The van der Waals surface area contributed by atoms with Crippen LogP contribution in [0.1, 0.15) is 13.8 Å². The first kappa shape index (κ1) is 20.8. The first-order chi connectivity index (χ1) is 10.6. The molecule has 0 saturated heterocycles. The van der Waals surface area contributed by atoms with E-state index < -0.39 is 61.1 Å². The van der Waals surface area contributed by atoms with Crippen LogP contribution in [0.5, 0.6) is 0 Å². The maximum atomic E-state index is 11.9. The molecule has 8 N–H and O–H groups in total. The SMILES string of the molecule is CC(NC(=O)C(CO)NC(=O)C(N)C(C)O)C(=O)NCC(=O)O. The van der Waals surface area contributed by atoms with Gasteiger partial charge in [-0.2, -0.15) is 0 Å². The largest absolute Gasteiger partial charge is 0.480 e. The van der Waals surface area contributed by atoms with Crippen LogP contribution in [0, 0.1) is 0 Å². The number of aliphatic hydroxyl groups excluding tert-OH is 2. The predicted molar refractivity (Wildman–Crippen MR) is 76.9 cm³/mol. The summed E-state index contributed by atoms with van der Waals surface area (Å²) < 4.78 is 0. The number of hydrogen-bond donors (Lipinski definition) is 7. The molecule has 23 heavy (non-hydrogen) atoms. The van der Waals surface area contributed by atoms with Gasteiger partial charge in [0.05, 0.1) is 12.7 Å². The van der Waals surface area contributed by atoms with E-state index >= 15 is 0 Å². The van der Waals surface area contributed by atoms with E-state index in [9.17, 15) is 24.3 Å². The topological polar surface area (TPSA) is 191 Å². The molecule has 132 valence electrons. The molecule has 0 aromatic rings. The maximum absolute atomic E-state index is 11.9. The second-order valence-electron chi connectivity index (χ2n) is 4.85. The fourth-order valence-electron chi connectivity index (χ4n) is 1.38. The molecular formula is C12H22N4O7. The maximum Gasteiger partial charge on any atom is 0.322 e. The molecule has 0 rings (SSSR count). The zero-order valence-electron chi connectivity index (χ0n) is 12.8. The number of carboxylic acid groups (broad SMARTS) is 1. The molecule has 3 amide bonds. The summed E-state index contributed by atoms with van der Waals surface area (Å²) in [7, 11) is 0. The Morgan fingerprint density at radius 2 is 1.61 bits per heavy atom. The summed E-state index contributed by atoms with van der Waals surface area (Å²) in [5.74, 6) is -3.71. The Balaban J connectivity index is 4.57. The third-order valence-electron chi connectivity index (χ3n) is 2.80. The van der Waals surface area contributed by atoms with Crippen molar-refractivity contribution in [2.24, 2.45) is 5.73 Å². The van der Waals surface area contributed by atoms with Crippen LogP contribution in [-0.4, -0.2) is 76.4 Å². The highest BCUT2D eigenvalue weighted by Crippen LogP contribution is 1.93. The highest BCUT2D eigenvalue weighted by molar-refractivity contribution is 5.93. The van der Waals surface area contributed by atoms with Crippen molar-refractivity contribution in [1.82, 2.24) is 16.0 Å². The van der Waals surface area contributed by atoms with Gasteiger partial charge >= 0.3 is 5.97 Å². The fourth-order valence-corrected chi connectivity index (χ4v) is 1.38. The molecule has 0 fully saturated rings. The molecule has 4 atom stereocenters. The van der Waals surface area contributed by atoms with Gasteiger partial charge in [-0.1, -0.05) is 0 Å². The summed E-state index contributed by atoms with van der Waals surface area (Å²) in [6, 6.07) is -3.74. The lowest BCUT2D eigenvalue weighted by Crippen LogP contribution is -2.57. The average Bonchev–Trinajstić information content (AvgIpc) is 2.48. The van der Waals surface area contributed by atoms with Crippen molar-refractivity contribution in [3.63, 3.8) is 0 Å². The van der Waals surface area contributed by atoms with Gasteiger partial charge in [-0.25, -0.2) is 0 Å². The molecule has 0 bridgehead atoms. The first-order valence-corrected chi connectivity index (χ1v) is 6.74. The van der Waals surface area contributed by atoms with Gasteiger partial charge in [-0.3, -0.25) is 19.2 Å². The van der Waals surface area contributed by atoms with Crippen LogP contribution in [0.25, 0.3) is 0 Å². The van der Waals surface area contributed by atoms with Gasteiger partial charge in [0, 0.05) is 0 Å². The van der Waals surface area contributed by atoms with E-state index in [1.165, 1.54) is 13.8 Å². The second kappa shape index (κ2) is 9.71. The molecule has 0 saturated carbocycles. The predicted octanol–water partition coefficient (Wildman–Crippen LogP) is -4.12. The van der Waals surface area contributed by atoms with Crippen LogP contribution in [0.4, 0.5) is 0 Å². The van der Waals surface area contributed by atoms with Gasteiger partial charge in [0.15, 0.2) is 0 Å². The number of carbonyl (C=O) groups excluding carboxylic acids is 3. The van der Waals surface area contributed by atoms with Gasteiger partial charge in [-0.05, 0) is 13.8 Å². The van der Waals surface area contributed by atoms with Crippen molar-refractivity contribution in [1.29, 1.82) is 0 Å². The van der Waals surface area contributed by atoms with E-state index in [4.69, 9.17) is 15.9 Å². The third kappa shape index (κ3) is 7.54. The zero-order chi connectivity index (χ0) is 18.2. The number of carbonyl (C=O) groups is 4. The number of amides is 3. The molecule has 0 radical (unpaired) electrons. The van der Waals surface area contributed by atoms with Crippen molar-refractivity contribution in [3.05, 3.63) is 0 Å². The Morgan fingerprint density at radius 3 is 2.04 bits per heavy atom. The molecule has 0 aromatic carbocycles. The summed E-state index contributed by atoms with van der Waals surface area (Å²) in [6.07, 6.45) is -1.15. The third-order valence-corrected chi connectivity index (χ3v) is 2.80. The van der Waals surface area contributed by atoms with Crippen molar-refractivity contribution in [2.75, 3.05) is 13.2 Å². The number of nitrogens with two attached hydrogens (primary N) is 1.